The van der Waals surface area contributed by atoms with Crippen LogP contribution in [0.3, 0.4) is 0 Å². The van der Waals surface area contributed by atoms with Crippen LogP contribution in [0.1, 0.15) is 75.7 Å². The number of ether oxygens (including phenoxy) is 2. The molecule has 9 nitrogen and oxygen atoms in total. The van der Waals surface area contributed by atoms with Crippen LogP contribution >= 0.6 is 0 Å². The van der Waals surface area contributed by atoms with E-state index in [0.717, 1.165) is 50.8 Å². The predicted octanol–water partition coefficient (Wildman–Crippen LogP) is 5.58. The minimum Gasteiger partial charge on any atom is -0.492 e. The average Bonchev–Trinajstić information content (AvgIpc) is 3.34. The number of imidazole rings is 1. The molecule has 5 rings (SSSR count). The maximum absolute atomic E-state index is 13.8. The molecular formula is C33H43FN4O5. The van der Waals surface area contributed by atoms with Crippen LogP contribution < -0.4 is 10.1 Å². The van der Waals surface area contributed by atoms with Gasteiger partial charge in [0, 0.05) is 24.2 Å². The Hall–Kier alpha value is -3.50. The molecular weight excluding hydrogens is 551 g/mol. The van der Waals surface area contributed by atoms with E-state index < -0.39 is 17.3 Å². The molecule has 0 bridgehead atoms. The van der Waals surface area contributed by atoms with E-state index in [1.54, 1.807) is 6.07 Å². The van der Waals surface area contributed by atoms with Crippen molar-refractivity contribution in [2.75, 3.05) is 38.2 Å². The minimum atomic E-state index is -0.644. The summed E-state index contributed by atoms with van der Waals surface area (Å²) in [6.07, 6.45) is 4.75. The maximum Gasteiger partial charge on any atom is 0.308 e. The number of nitrogens with one attached hydrogen (secondary N) is 1. The lowest BCUT2D eigenvalue weighted by atomic mass is 9.83. The van der Waals surface area contributed by atoms with E-state index in [2.05, 4.69) is 10.2 Å². The summed E-state index contributed by atoms with van der Waals surface area (Å²) in [5, 5.41) is 13.2. The lowest BCUT2D eigenvalue weighted by Crippen LogP contribution is -2.43. The third kappa shape index (κ3) is 7.54. The molecule has 0 radical (unpaired) electrons. The van der Waals surface area contributed by atoms with Gasteiger partial charge < -0.3 is 19.1 Å². The van der Waals surface area contributed by atoms with E-state index in [4.69, 9.17) is 14.5 Å². The fraction of sp³-hybridized carbons (Fsp3) is 0.545. The zero-order valence-corrected chi connectivity index (χ0v) is 25.4. The number of amides is 1. The summed E-state index contributed by atoms with van der Waals surface area (Å²) in [5.74, 6) is 0.192. The monoisotopic (exact) mass is 594 g/mol. The van der Waals surface area contributed by atoms with Crippen LogP contribution in [-0.4, -0.2) is 69.9 Å². The fourth-order valence-electron chi connectivity index (χ4n) is 6.41. The zero-order chi connectivity index (χ0) is 30.6. The molecule has 1 saturated carbocycles. The van der Waals surface area contributed by atoms with Crippen molar-refractivity contribution in [2.24, 2.45) is 11.8 Å². The van der Waals surface area contributed by atoms with Gasteiger partial charge in [0.05, 0.1) is 29.2 Å². The number of piperidine rings is 1. The molecule has 3 aromatic rings. The highest BCUT2D eigenvalue weighted by atomic mass is 19.1. The Balaban J connectivity index is 1.32. The van der Waals surface area contributed by atoms with Crippen LogP contribution in [0.4, 0.5) is 10.3 Å². The molecule has 1 amide bonds. The van der Waals surface area contributed by atoms with Crippen LogP contribution in [0.2, 0.25) is 0 Å². The van der Waals surface area contributed by atoms with Crippen molar-refractivity contribution in [1.82, 2.24) is 14.5 Å². The van der Waals surface area contributed by atoms with Gasteiger partial charge in [-0.15, -0.1) is 0 Å². The number of likely N-dealkylation sites (tertiary alicyclic amines) is 1. The molecule has 10 heteroatoms. The van der Waals surface area contributed by atoms with Crippen molar-refractivity contribution < 1.29 is 28.6 Å². The molecule has 1 saturated heterocycles. The maximum atomic E-state index is 13.8. The van der Waals surface area contributed by atoms with Crippen molar-refractivity contribution in [3.8, 4) is 5.75 Å². The topological polar surface area (TPSA) is 106 Å². The molecule has 232 valence electrons. The Morgan fingerprint density at radius 2 is 1.81 bits per heavy atom. The number of rotatable bonds is 10. The van der Waals surface area contributed by atoms with Gasteiger partial charge in [-0.05, 0) is 109 Å². The molecule has 2 fully saturated rings. The number of esters is 1. The molecule has 1 aliphatic heterocycles. The van der Waals surface area contributed by atoms with Gasteiger partial charge in [-0.3, -0.25) is 19.8 Å². The van der Waals surface area contributed by atoms with Crippen molar-refractivity contribution in [3.05, 3.63) is 53.8 Å². The number of aliphatic hydroxyl groups is 1. The standard InChI is InChI=1S/C33H43FN4O5/c1-4-42-31(40)22-8-10-26(11-9-22)38-29-21-27(43-19-18-37-16-14-24(15-17-37)33(2,3)41)12-13-28(29)35-32(38)36-30(39)23-6-5-7-25(34)20-23/h5-7,12-13,20-22,24,26,41H,4,8-11,14-19H2,1-3H3,(H,35,36,39). The fourth-order valence-corrected chi connectivity index (χ4v) is 6.41. The normalized spacial score (nSPS) is 20.2. The largest absolute Gasteiger partial charge is 0.492 e. The summed E-state index contributed by atoms with van der Waals surface area (Å²) >= 11 is 0. The SMILES string of the molecule is CCOC(=O)C1CCC(n2c(NC(=O)c3cccc(F)c3)nc3ccc(OCCN4CCC(C(C)(C)O)CC4)cc32)CC1. The van der Waals surface area contributed by atoms with Crippen molar-refractivity contribution in [1.29, 1.82) is 0 Å². The third-order valence-electron chi connectivity index (χ3n) is 8.92. The van der Waals surface area contributed by atoms with Crippen molar-refractivity contribution >= 4 is 28.9 Å². The highest BCUT2D eigenvalue weighted by Crippen LogP contribution is 2.38. The number of halogens is 1. The number of anilines is 1. The van der Waals surface area contributed by atoms with E-state index in [0.29, 0.717) is 49.2 Å². The Kier molecular flexibility index (Phi) is 9.66. The first-order chi connectivity index (χ1) is 20.6. The number of carbonyl (C=O) groups excluding carboxylic acids is 2. The van der Waals surface area contributed by atoms with E-state index in [-0.39, 0.29) is 23.5 Å². The second-order valence-corrected chi connectivity index (χ2v) is 12.3. The molecule has 43 heavy (non-hydrogen) atoms. The third-order valence-corrected chi connectivity index (χ3v) is 8.92. The highest BCUT2D eigenvalue weighted by Gasteiger charge is 2.32. The van der Waals surface area contributed by atoms with Crippen molar-refractivity contribution in [3.63, 3.8) is 0 Å². The van der Waals surface area contributed by atoms with E-state index in [1.807, 2.05) is 43.5 Å². The van der Waals surface area contributed by atoms with Gasteiger partial charge in [-0.2, -0.15) is 0 Å². The first-order valence-corrected chi connectivity index (χ1v) is 15.5. The summed E-state index contributed by atoms with van der Waals surface area (Å²) in [6.45, 7) is 9.16. The van der Waals surface area contributed by atoms with Crippen LogP contribution in [0.5, 0.6) is 5.75 Å². The van der Waals surface area contributed by atoms with Gasteiger partial charge in [0.25, 0.3) is 5.91 Å². The van der Waals surface area contributed by atoms with Gasteiger partial charge >= 0.3 is 5.97 Å². The van der Waals surface area contributed by atoms with Crippen molar-refractivity contribution in [2.45, 2.75) is 70.9 Å². The zero-order valence-electron chi connectivity index (χ0n) is 25.4. The number of hydrogen-bond donors (Lipinski definition) is 2. The van der Waals surface area contributed by atoms with Gasteiger partial charge in [-0.25, -0.2) is 9.37 Å². The number of nitrogens with zero attached hydrogens (tertiary/aromatic N) is 3. The average molecular weight is 595 g/mol. The minimum absolute atomic E-state index is 0.00538. The first-order valence-electron chi connectivity index (χ1n) is 15.5. The van der Waals surface area contributed by atoms with Crippen LogP contribution in [0, 0.1) is 17.7 Å². The van der Waals surface area contributed by atoms with Crippen LogP contribution in [0.15, 0.2) is 42.5 Å². The highest BCUT2D eigenvalue weighted by molar-refractivity contribution is 6.04. The molecule has 2 aliphatic rings. The molecule has 2 N–H and O–H groups in total. The summed E-state index contributed by atoms with van der Waals surface area (Å²) < 4.78 is 27.3. The smallest absolute Gasteiger partial charge is 0.308 e. The van der Waals surface area contributed by atoms with E-state index in [1.165, 1.54) is 18.2 Å². The first kappa shape index (κ1) is 30.9. The molecule has 0 unspecified atom stereocenters. The molecule has 2 heterocycles. The Morgan fingerprint density at radius 3 is 2.49 bits per heavy atom. The van der Waals surface area contributed by atoms with Crippen LogP contribution in [0.25, 0.3) is 11.0 Å². The van der Waals surface area contributed by atoms with Gasteiger partial charge in [0.2, 0.25) is 5.95 Å². The Labute approximate surface area is 252 Å². The van der Waals surface area contributed by atoms with Gasteiger partial charge in [0.1, 0.15) is 18.2 Å². The lowest BCUT2D eigenvalue weighted by molar-refractivity contribution is -0.149. The Bertz CT molecular complexity index is 1420. The second kappa shape index (κ2) is 13.4. The number of aromatic nitrogens is 2. The predicted molar refractivity (Wildman–Crippen MR) is 163 cm³/mol. The van der Waals surface area contributed by atoms with E-state index >= 15 is 0 Å². The summed E-state index contributed by atoms with van der Waals surface area (Å²) in [4.78, 5) is 32.6. The number of carbonyl (C=O) groups is 2. The second-order valence-electron chi connectivity index (χ2n) is 12.3. The summed E-state index contributed by atoms with van der Waals surface area (Å²) in [6, 6.07) is 11.3. The molecule has 0 atom stereocenters. The number of fused-ring (bicyclic) bond motifs is 1. The number of hydrogen-bond acceptors (Lipinski definition) is 7. The molecule has 1 aliphatic carbocycles. The summed E-state index contributed by atoms with van der Waals surface area (Å²) in [5.41, 5.74) is 1.11. The molecule has 1 aromatic heterocycles. The van der Waals surface area contributed by atoms with Crippen LogP contribution in [-0.2, 0) is 9.53 Å². The Morgan fingerprint density at radius 1 is 1.07 bits per heavy atom. The molecule has 0 spiro atoms. The quantitative estimate of drug-likeness (QED) is 0.295. The van der Waals surface area contributed by atoms with Gasteiger partial charge in [-0.1, -0.05) is 6.07 Å². The van der Waals surface area contributed by atoms with E-state index in [9.17, 15) is 19.1 Å². The van der Waals surface area contributed by atoms with Gasteiger partial charge in [0.15, 0.2) is 0 Å². The molecule has 2 aromatic carbocycles. The lowest BCUT2D eigenvalue weighted by Gasteiger charge is -2.37. The summed E-state index contributed by atoms with van der Waals surface area (Å²) in [7, 11) is 0. The number of benzene rings is 2.